The van der Waals surface area contributed by atoms with Crippen molar-refractivity contribution >= 4 is 32.6 Å². The highest BCUT2D eigenvalue weighted by molar-refractivity contribution is 7.92. The lowest BCUT2D eigenvalue weighted by atomic mass is 9.88. The summed E-state index contributed by atoms with van der Waals surface area (Å²) in [7, 11) is -4.01. The van der Waals surface area contributed by atoms with Gasteiger partial charge in [-0.05, 0) is 68.3 Å². The predicted molar refractivity (Wildman–Crippen MR) is 170 cm³/mol. The van der Waals surface area contributed by atoms with Gasteiger partial charge >= 0.3 is 5.97 Å². The highest BCUT2D eigenvalue weighted by atomic mass is 32.2. The number of ether oxygens (including phenoxy) is 1. The van der Waals surface area contributed by atoms with Crippen molar-refractivity contribution in [3.8, 4) is 11.6 Å². The van der Waals surface area contributed by atoms with E-state index in [4.69, 9.17) is 14.3 Å². The van der Waals surface area contributed by atoms with Crippen LogP contribution < -0.4 is 9.46 Å². The Kier molecular flexibility index (Phi) is 7.57. The molecule has 0 aliphatic rings. The van der Waals surface area contributed by atoms with Crippen LogP contribution in [0.4, 0.5) is 5.69 Å². The van der Waals surface area contributed by atoms with E-state index in [0.717, 1.165) is 16.7 Å². The summed E-state index contributed by atoms with van der Waals surface area (Å²) < 4.78 is 44.4. The molecule has 9 heteroatoms. The van der Waals surface area contributed by atoms with Gasteiger partial charge in [0.1, 0.15) is 11.3 Å². The number of para-hydroxylation sites is 1. The number of nitrogens with one attached hydrogen (secondary N) is 1. The number of aromatic nitrogens is 2. The molecular formula is C35H31N3O5S. The molecule has 0 radical (unpaired) electrons. The van der Waals surface area contributed by atoms with Crippen LogP contribution in [0.25, 0.3) is 16.7 Å². The average Bonchev–Trinajstić information content (AvgIpc) is 3.51. The number of carbonyl (C=O) groups excluding carboxylic acids is 1. The molecule has 1 atom stereocenters. The molecule has 8 nitrogen and oxygen atoms in total. The molecular weight excluding hydrogens is 574 g/mol. The lowest BCUT2D eigenvalue weighted by Gasteiger charge is -2.19. The van der Waals surface area contributed by atoms with Gasteiger partial charge in [-0.2, -0.15) is 5.10 Å². The van der Waals surface area contributed by atoms with Crippen molar-refractivity contribution in [1.29, 1.82) is 0 Å². The Hall–Kier alpha value is -5.15. The van der Waals surface area contributed by atoms with Gasteiger partial charge in [-0.15, -0.1) is 0 Å². The Balaban J connectivity index is 1.63. The van der Waals surface area contributed by atoms with Gasteiger partial charge in [0.15, 0.2) is 0 Å². The lowest BCUT2D eigenvalue weighted by molar-refractivity contribution is -0.132. The number of hydrogen-bond acceptors (Lipinski definition) is 6. The molecule has 1 N–H and O–H groups in total. The molecule has 44 heavy (non-hydrogen) atoms. The van der Waals surface area contributed by atoms with E-state index in [9.17, 15) is 13.2 Å². The summed E-state index contributed by atoms with van der Waals surface area (Å²) >= 11 is 0. The van der Waals surface area contributed by atoms with Crippen LogP contribution in [0.1, 0.15) is 46.5 Å². The van der Waals surface area contributed by atoms with Gasteiger partial charge in [0.25, 0.3) is 10.0 Å². The maximum Gasteiger partial charge on any atom is 0.309 e. The first-order valence-corrected chi connectivity index (χ1v) is 15.6. The van der Waals surface area contributed by atoms with Crippen LogP contribution in [0, 0.1) is 20.8 Å². The topological polar surface area (TPSA) is 103 Å². The summed E-state index contributed by atoms with van der Waals surface area (Å²) in [6, 6.07) is 31.2. The van der Waals surface area contributed by atoms with Crippen molar-refractivity contribution in [2.75, 3.05) is 4.72 Å². The molecule has 6 rings (SSSR count). The Bertz CT molecular complexity index is 2100. The van der Waals surface area contributed by atoms with E-state index < -0.39 is 21.9 Å². The van der Waals surface area contributed by atoms with Crippen molar-refractivity contribution in [1.82, 2.24) is 9.78 Å². The number of carbonyl (C=O) groups is 1. The Morgan fingerprint density at radius 1 is 0.864 bits per heavy atom. The maximum atomic E-state index is 13.8. The second-order valence-electron chi connectivity index (χ2n) is 10.7. The number of hydrogen-bond donors (Lipinski definition) is 1. The molecule has 0 bridgehead atoms. The van der Waals surface area contributed by atoms with Gasteiger partial charge < -0.3 is 9.15 Å². The third-order valence-electron chi connectivity index (χ3n) is 7.42. The monoisotopic (exact) mass is 605 g/mol. The highest BCUT2D eigenvalue weighted by Crippen LogP contribution is 2.46. The number of rotatable bonds is 8. The lowest BCUT2D eigenvalue weighted by Crippen LogP contribution is -2.16. The highest BCUT2D eigenvalue weighted by Gasteiger charge is 2.35. The summed E-state index contributed by atoms with van der Waals surface area (Å²) in [5.74, 6) is -0.653. The molecule has 2 heterocycles. The number of anilines is 1. The van der Waals surface area contributed by atoms with Crippen LogP contribution in [-0.2, 0) is 14.8 Å². The van der Waals surface area contributed by atoms with E-state index in [2.05, 4.69) is 4.72 Å². The van der Waals surface area contributed by atoms with Crippen LogP contribution in [-0.4, -0.2) is 24.2 Å². The van der Waals surface area contributed by atoms with E-state index in [1.807, 2.05) is 93.6 Å². The van der Waals surface area contributed by atoms with Gasteiger partial charge in [-0.1, -0.05) is 72.3 Å². The molecule has 0 aliphatic carbocycles. The van der Waals surface area contributed by atoms with Crippen LogP contribution in [0.2, 0.25) is 0 Å². The van der Waals surface area contributed by atoms with Gasteiger partial charge in [-0.25, -0.2) is 13.1 Å². The van der Waals surface area contributed by atoms with Gasteiger partial charge in [0, 0.05) is 12.3 Å². The first-order chi connectivity index (χ1) is 21.1. The smallest absolute Gasteiger partial charge is 0.309 e. The summed E-state index contributed by atoms with van der Waals surface area (Å²) in [6.07, 6.45) is 0. The molecule has 1 unspecified atom stereocenters. The SMILES string of the molecule is CC(=O)Oc1c(C(c2ccccc2)c2oc3ccccc3c2NS(=O)(=O)c2ccc(C)cc2)c(C)nn1-c1cccc(C)c1. The minimum absolute atomic E-state index is 0.125. The molecule has 0 saturated carbocycles. The zero-order valence-electron chi connectivity index (χ0n) is 24.7. The molecule has 0 saturated heterocycles. The van der Waals surface area contributed by atoms with E-state index in [1.165, 1.54) is 6.92 Å². The zero-order valence-corrected chi connectivity index (χ0v) is 25.6. The fourth-order valence-corrected chi connectivity index (χ4v) is 6.49. The number of sulfonamides is 1. The van der Waals surface area contributed by atoms with Gasteiger partial charge in [-0.3, -0.25) is 9.52 Å². The molecule has 0 fully saturated rings. The quantitative estimate of drug-likeness (QED) is 0.181. The van der Waals surface area contributed by atoms with Gasteiger partial charge in [0.05, 0.1) is 33.4 Å². The normalized spacial score (nSPS) is 12.3. The van der Waals surface area contributed by atoms with Crippen LogP contribution in [0.3, 0.4) is 0 Å². The van der Waals surface area contributed by atoms with E-state index in [1.54, 1.807) is 35.0 Å². The summed E-state index contributed by atoms with van der Waals surface area (Å²) in [4.78, 5) is 12.6. The fourth-order valence-electron chi connectivity index (χ4n) is 5.40. The van der Waals surface area contributed by atoms with Crippen molar-refractivity contribution in [3.63, 3.8) is 0 Å². The second-order valence-corrected chi connectivity index (χ2v) is 12.4. The van der Waals surface area contributed by atoms with Crippen molar-refractivity contribution in [2.24, 2.45) is 0 Å². The van der Waals surface area contributed by atoms with E-state index >= 15 is 0 Å². The van der Waals surface area contributed by atoms with Crippen molar-refractivity contribution in [3.05, 3.63) is 137 Å². The summed E-state index contributed by atoms with van der Waals surface area (Å²) in [6.45, 7) is 7.05. The minimum atomic E-state index is -4.01. The minimum Gasteiger partial charge on any atom is -0.458 e. The molecule has 0 aliphatic heterocycles. The molecule has 6 aromatic rings. The molecule has 0 amide bonds. The number of fused-ring (bicyclic) bond motifs is 1. The third-order valence-corrected chi connectivity index (χ3v) is 8.79. The first kappa shape index (κ1) is 28.9. The molecule has 222 valence electrons. The van der Waals surface area contributed by atoms with Gasteiger partial charge in [0.2, 0.25) is 5.88 Å². The second kappa shape index (κ2) is 11.5. The first-order valence-electron chi connectivity index (χ1n) is 14.1. The number of esters is 1. The molecule has 4 aromatic carbocycles. The average molecular weight is 606 g/mol. The zero-order chi connectivity index (χ0) is 31.0. The van der Waals surface area contributed by atoms with E-state index in [-0.39, 0.29) is 10.8 Å². The van der Waals surface area contributed by atoms with Crippen molar-refractivity contribution in [2.45, 2.75) is 38.5 Å². The predicted octanol–water partition coefficient (Wildman–Crippen LogP) is 7.45. The number of benzene rings is 4. The Morgan fingerprint density at radius 3 is 2.27 bits per heavy atom. The van der Waals surface area contributed by atoms with Crippen LogP contribution in [0.5, 0.6) is 5.88 Å². The summed E-state index contributed by atoms with van der Waals surface area (Å²) in [5, 5.41) is 5.41. The van der Waals surface area contributed by atoms with Crippen LogP contribution >= 0.6 is 0 Å². The fraction of sp³-hybridized carbons (Fsp3) is 0.143. The number of aryl methyl sites for hydroxylation is 3. The summed E-state index contributed by atoms with van der Waals surface area (Å²) in [5.41, 5.74) is 5.42. The third kappa shape index (κ3) is 5.49. The Labute approximate surface area is 256 Å². The standard InChI is InChI=1S/C35H31N3O5S/c1-22-17-19-28(20-18-22)44(40,41)37-33-29-15-8-9-16-30(29)43-34(33)32(26-12-6-5-7-13-26)31-24(3)36-38(35(31)42-25(4)39)27-14-10-11-23(2)21-27/h5-21,32,37H,1-4H3. The van der Waals surface area contributed by atoms with Crippen molar-refractivity contribution < 1.29 is 22.4 Å². The van der Waals surface area contributed by atoms with E-state index in [0.29, 0.717) is 39.4 Å². The molecule has 2 aromatic heterocycles. The number of nitrogens with zero attached hydrogens (tertiary/aromatic N) is 2. The van der Waals surface area contributed by atoms with Crippen LogP contribution in [0.15, 0.2) is 112 Å². The maximum absolute atomic E-state index is 13.8. The largest absolute Gasteiger partial charge is 0.458 e. The Morgan fingerprint density at radius 2 is 1.57 bits per heavy atom. The number of furan rings is 1. The molecule has 0 spiro atoms.